The Morgan fingerprint density at radius 2 is 2.00 bits per heavy atom. The monoisotopic (exact) mass is 134 g/mol. The molecule has 1 aliphatic rings. The highest BCUT2D eigenvalue weighted by Crippen LogP contribution is 2.11. The molecular formula is C10H14. The molecule has 0 aromatic heterocycles. The zero-order valence-corrected chi connectivity index (χ0v) is 6.46. The van der Waals surface area contributed by atoms with Crippen molar-refractivity contribution in [3.05, 3.63) is 36.5 Å². The second kappa shape index (κ2) is 4.10. The zero-order valence-electron chi connectivity index (χ0n) is 6.46. The second-order valence-corrected chi connectivity index (χ2v) is 2.60. The third-order valence-electron chi connectivity index (χ3n) is 1.82. The van der Waals surface area contributed by atoms with Crippen molar-refractivity contribution in [2.75, 3.05) is 0 Å². The highest BCUT2D eigenvalue weighted by molar-refractivity contribution is 5.14. The predicted octanol–water partition coefficient (Wildman–Crippen LogP) is 3.08. The van der Waals surface area contributed by atoms with Crippen LogP contribution in [-0.4, -0.2) is 0 Å². The SMILES string of the molecule is CCC1C=CC=CC=CC1. The van der Waals surface area contributed by atoms with E-state index in [2.05, 4.69) is 43.4 Å². The molecule has 0 heterocycles. The zero-order chi connectivity index (χ0) is 7.23. The van der Waals surface area contributed by atoms with Gasteiger partial charge in [0.25, 0.3) is 0 Å². The van der Waals surface area contributed by atoms with Gasteiger partial charge in [0.2, 0.25) is 0 Å². The summed E-state index contributed by atoms with van der Waals surface area (Å²) >= 11 is 0. The maximum Gasteiger partial charge on any atom is -0.0198 e. The number of hydrogen-bond acceptors (Lipinski definition) is 0. The van der Waals surface area contributed by atoms with Crippen molar-refractivity contribution in [1.82, 2.24) is 0 Å². The van der Waals surface area contributed by atoms with E-state index < -0.39 is 0 Å². The Kier molecular flexibility index (Phi) is 3.01. The van der Waals surface area contributed by atoms with E-state index in [1.165, 1.54) is 12.8 Å². The maximum absolute atomic E-state index is 2.28. The summed E-state index contributed by atoms with van der Waals surface area (Å²) in [6.07, 6.45) is 15.4. The van der Waals surface area contributed by atoms with Gasteiger partial charge < -0.3 is 0 Å². The molecule has 0 spiro atoms. The number of rotatable bonds is 1. The van der Waals surface area contributed by atoms with Crippen molar-refractivity contribution in [1.29, 1.82) is 0 Å². The van der Waals surface area contributed by atoms with Crippen molar-refractivity contribution in [3.63, 3.8) is 0 Å². The molecule has 54 valence electrons. The Balaban J connectivity index is 2.55. The molecule has 0 nitrogen and oxygen atoms in total. The van der Waals surface area contributed by atoms with Crippen LogP contribution < -0.4 is 0 Å². The van der Waals surface area contributed by atoms with Gasteiger partial charge in [-0.15, -0.1) is 0 Å². The van der Waals surface area contributed by atoms with E-state index in [9.17, 15) is 0 Å². The van der Waals surface area contributed by atoms with Crippen LogP contribution in [0.1, 0.15) is 19.8 Å². The van der Waals surface area contributed by atoms with E-state index in [0.717, 1.165) is 5.92 Å². The number of allylic oxidation sites excluding steroid dienone is 6. The molecule has 0 radical (unpaired) electrons. The summed E-state index contributed by atoms with van der Waals surface area (Å²) < 4.78 is 0. The summed E-state index contributed by atoms with van der Waals surface area (Å²) in [6, 6.07) is 0. The van der Waals surface area contributed by atoms with E-state index in [-0.39, 0.29) is 0 Å². The Morgan fingerprint density at radius 1 is 1.20 bits per heavy atom. The van der Waals surface area contributed by atoms with E-state index in [1.807, 2.05) is 0 Å². The van der Waals surface area contributed by atoms with Gasteiger partial charge in [0.15, 0.2) is 0 Å². The summed E-state index contributed by atoms with van der Waals surface area (Å²) in [5.74, 6) is 0.751. The van der Waals surface area contributed by atoms with Gasteiger partial charge in [-0.2, -0.15) is 0 Å². The fraction of sp³-hybridized carbons (Fsp3) is 0.400. The highest BCUT2D eigenvalue weighted by atomic mass is 14.0. The van der Waals surface area contributed by atoms with Gasteiger partial charge in [-0.05, 0) is 18.8 Å². The first-order valence-corrected chi connectivity index (χ1v) is 3.93. The van der Waals surface area contributed by atoms with Crippen LogP contribution in [0.5, 0.6) is 0 Å². The first kappa shape index (κ1) is 7.33. The summed E-state index contributed by atoms with van der Waals surface area (Å²) in [5, 5.41) is 0. The molecule has 0 N–H and O–H groups in total. The third kappa shape index (κ3) is 2.22. The minimum absolute atomic E-state index is 0.751. The molecule has 0 amide bonds. The molecule has 0 saturated heterocycles. The molecule has 0 bridgehead atoms. The number of hydrogen-bond donors (Lipinski definition) is 0. The lowest BCUT2D eigenvalue weighted by molar-refractivity contribution is 0.638. The van der Waals surface area contributed by atoms with Crippen molar-refractivity contribution in [2.45, 2.75) is 19.8 Å². The fourth-order valence-corrected chi connectivity index (χ4v) is 1.06. The molecular weight excluding hydrogens is 120 g/mol. The Bertz CT molecular complexity index is 161. The minimum Gasteiger partial charge on any atom is -0.0840 e. The van der Waals surface area contributed by atoms with Gasteiger partial charge in [-0.25, -0.2) is 0 Å². The molecule has 0 heteroatoms. The lowest BCUT2D eigenvalue weighted by Gasteiger charge is -2.05. The van der Waals surface area contributed by atoms with Crippen LogP contribution in [-0.2, 0) is 0 Å². The molecule has 1 rings (SSSR count). The largest absolute Gasteiger partial charge is 0.0840 e. The average Bonchev–Trinajstić information content (AvgIpc) is 1.87. The van der Waals surface area contributed by atoms with E-state index in [0.29, 0.717) is 0 Å². The molecule has 1 aliphatic carbocycles. The van der Waals surface area contributed by atoms with Crippen LogP contribution in [0, 0.1) is 5.92 Å². The maximum atomic E-state index is 2.28. The van der Waals surface area contributed by atoms with Gasteiger partial charge in [0.05, 0.1) is 0 Å². The molecule has 0 saturated carbocycles. The van der Waals surface area contributed by atoms with Crippen LogP contribution in [0.15, 0.2) is 36.5 Å². The minimum atomic E-state index is 0.751. The standard InChI is InChI=1S/C10H14/c1-2-10-8-6-4-3-5-7-9-10/h3-8,10H,2,9H2,1H3. The summed E-state index contributed by atoms with van der Waals surface area (Å²) in [7, 11) is 0. The van der Waals surface area contributed by atoms with Crippen molar-refractivity contribution >= 4 is 0 Å². The second-order valence-electron chi connectivity index (χ2n) is 2.60. The van der Waals surface area contributed by atoms with Crippen LogP contribution in [0.3, 0.4) is 0 Å². The van der Waals surface area contributed by atoms with E-state index in [1.54, 1.807) is 0 Å². The highest BCUT2D eigenvalue weighted by Gasteiger charge is 1.97. The normalized spacial score (nSPS) is 24.3. The van der Waals surface area contributed by atoms with Crippen molar-refractivity contribution < 1.29 is 0 Å². The predicted molar refractivity (Wildman–Crippen MR) is 45.8 cm³/mol. The van der Waals surface area contributed by atoms with Crippen LogP contribution in [0.25, 0.3) is 0 Å². The molecule has 0 aromatic rings. The quantitative estimate of drug-likeness (QED) is 0.517. The molecule has 1 unspecified atom stereocenters. The molecule has 0 aliphatic heterocycles. The van der Waals surface area contributed by atoms with Crippen LogP contribution in [0.2, 0.25) is 0 Å². The smallest absolute Gasteiger partial charge is 0.0198 e. The molecule has 1 atom stereocenters. The first-order valence-electron chi connectivity index (χ1n) is 3.93. The van der Waals surface area contributed by atoms with Crippen LogP contribution in [0.4, 0.5) is 0 Å². The lowest BCUT2D eigenvalue weighted by Crippen LogP contribution is -1.91. The van der Waals surface area contributed by atoms with Crippen molar-refractivity contribution in [2.24, 2.45) is 5.92 Å². The Labute approximate surface area is 62.9 Å². The van der Waals surface area contributed by atoms with Crippen molar-refractivity contribution in [3.8, 4) is 0 Å². The average molecular weight is 134 g/mol. The third-order valence-corrected chi connectivity index (χ3v) is 1.82. The first-order chi connectivity index (χ1) is 4.93. The molecule has 0 aromatic carbocycles. The van der Waals surface area contributed by atoms with Gasteiger partial charge >= 0.3 is 0 Å². The van der Waals surface area contributed by atoms with E-state index >= 15 is 0 Å². The van der Waals surface area contributed by atoms with Gasteiger partial charge in [-0.3, -0.25) is 0 Å². The lowest BCUT2D eigenvalue weighted by atomic mass is 10.0. The molecule has 10 heavy (non-hydrogen) atoms. The Morgan fingerprint density at radius 3 is 2.80 bits per heavy atom. The van der Waals surface area contributed by atoms with Gasteiger partial charge in [0.1, 0.15) is 0 Å². The fourth-order valence-electron chi connectivity index (χ4n) is 1.06. The van der Waals surface area contributed by atoms with E-state index in [4.69, 9.17) is 0 Å². The molecule has 0 fully saturated rings. The summed E-state index contributed by atoms with van der Waals surface area (Å²) in [5.41, 5.74) is 0. The van der Waals surface area contributed by atoms with Gasteiger partial charge in [0, 0.05) is 0 Å². The van der Waals surface area contributed by atoms with Gasteiger partial charge in [-0.1, -0.05) is 43.4 Å². The summed E-state index contributed by atoms with van der Waals surface area (Å²) in [6.45, 7) is 2.23. The van der Waals surface area contributed by atoms with Crippen LogP contribution >= 0.6 is 0 Å². The topological polar surface area (TPSA) is 0 Å². The summed E-state index contributed by atoms with van der Waals surface area (Å²) in [4.78, 5) is 0. The Hall–Kier alpha value is -0.780.